The summed E-state index contributed by atoms with van der Waals surface area (Å²) in [4.78, 5) is 19.2. The predicted octanol–water partition coefficient (Wildman–Crippen LogP) is 0.897. The molecule has 126 valence electrons. The zero-order chi connectivity index (χ0) is 15.5. The van der Waals surface area contributed by atoms with Crippen LogP contribution in [0.25, 0.3) is 0 Å². The van der Waals surface area contributed by atoms with E-state index in [1.807, 2.05) is 0 Å². The van der Waals surface area contributed by atoms with E-state index in [0.29, 0.717) is 23.8 Å². The van der Waals surface area contributed by atoms with E-state index in [9.17, 15) is 4.79 Å². The SMILES string of the molecule is CN(C)CC1COCCN(C2CCN(C(=O)C3CC3)CC2)C1. The number of ether oxygens (including phenoxy) is 1. The van der Waals surface area contributed by atoms with Crippen molar-refractivity contribution in [2.75, 3.05) is 60.0 Å². The van der Waals surface area contributed by atoms with Crippen molar-refractivity contribution in [1.82, 2.24) is 14.7 Å². The van der Waals surface area contributed by atoms with Crippen LogP contribution in [0.2, 0.25) is 0 Å². The first-order valence-electron chi connectivity index (χ1n) is 8.89. The van der Waals surface area contributed by atoms with E-state index in [1.165, 1.54) is 0 Å². The normalized spacial score (nSPS) is 28.9. The Bertz CT molecular complexity index is 376. The molecule has 2 aliphatic heterocycles. The molecule has 1 atom stereocenters. The van der Waals surface area contributed by atoms with Crippen LogP contribution in [-0.4, -0.2) is 86.7 Å². The van der Waals surface area contributed by atoms with Gasteiger partial charge in [-0.2, -0.15) is 0 Å². The van der Waals surface area contributed by atoms with Crippen molar-refractivity contribution in [1.29, 1.82) is 0 Å². The Labute approximate surface area is 134 Å². The Morgan fingerprint density at radius 2 is 1.86 bits per heavy atom. The van der Waals surface area contributed by atoms with Crippen LogP contribution >= 0.6 is 0 Å². The fourth-order valence-corrected chi connectivity index (χ4v) is 3.91. The zero-order valence-corrected chi connectivity index (χ0v) is 14.2. The second kappa shape index (κ2) is 7.28. The van der Waals surface area contributed by atoms with E-state index in [2.05, 4.69) is 28.8 Å². The van der Waals surface area contributed by atoms with E-state index >= 15 is 0 Å². The average Bonchev–Trinajstić information content (AvgIpc) is 3.33. The van der Waals surface area contributed by atoms with Crippen molar-refractivity contribution in [3.8, 4) is 0 Å². The molecule has 0 spiro atoms. The third-order valence-corrected chi connectivity index (χ3v) is 5.21. The molecule has 2 saturated heterocycles. The van der Waals surface area contributed by atoms with Gasteiger partial charge in [0.15, 0.2) is 0 Å². The number of hydrogen-bond donors (Lipinski definition) is 0. The lowest BCUT2D eigenvalue weighted by atomic mass is 10.0. The summed E-state index contributed by atoms with van der Waals surface area (Å²) in [6.45, 7) is 6.92. The average molecular weight is 309 g/mol. The molecule has 0 aromatic heterocycles. The number of nitrogens with zero attached hydrogens (tertiary/aromatic N) is 3. The van der Waals surface area contributed by atoms with Gasteiger partial charge >= 0.3 is 0 Å². The fraction of sp³-hybridized carbons (Fsp3) is 0.941. The minimum absolute atomic E-state index is 0.368. The molecule has 1 saturated carbocycles. The van der Waals surface area contributed by atoms with E-state index in [4.69, 9.17) is 4.74 Å². The second-order valence-corrected chi connectivity index (χ2v) is 7.53. The highest BCUT2D eigenvalue weighted by Crippen LogP contribution is 2.32. The van der Waals surface area contributed by atoms with Crippen molar-refractivity contribution >= 4 is 5.91 Å². The van der Waals surface area contributed by atoms with Gasteiger partial charge in [0.2, 0.25) is 5.91 Å². The van der Waals surface area contributed by atoms with Gasteiger partial charge < -0.3 is 14.5 Å². The summed E-state index contributed by atoms with van der Waals surface area (Å²) < 4.78 is 5.80. The molecule has 1 amide bonds. The van der Waals surface area contributed by atoms with Crippen LogP contribution in [0, 0.1) is 11.8 Å². The molecule has 2 heterocycles. The molecular formula is C17H31N3O2. The van der Waals surface area contributed by atoms with Gasteiger partial charge in [0.1, 0.15) is 0 Å². The van der Waals surface area contributed by atoms with Crippen LogP contribution in [0.3, 0.4) is 0 Å². The number of carbonyl (C=O) groups is 1. The number of likely N-dealkylation sites (tertiary alicyclic amines) is 1. The summed E-state index contributed by atoms with van der Waals surface area (Å²) in [6.07, 6.45) is 4.50. The quantitative estimate of drug-likeness (QED) is 0.773. The van der Waals surface area contributed by atoms with Crippen molar-refractivity contribution in [3.63, 3.8) is 0 Å². The molecule has 5 nitrogen and oxygen atoms in total. The summed E-state index contributed by atoms with van der Waals surface area (Å²) in [6, 6.07) is 0.634. The molecule has 1 aliphatic carbocycles. The molecule has 0 radical (unpaired) electrons. The molecule has 3 rings (SSSR count). The minimum atomic E-state index is 0.368. The monoisotopic (exact) mass is 309 g/mol. The van der Waals surface area contributed by atoms with Gasteiger partial charge in [0.25, 0.3) is 0 Å². The maximum Gasteiger partial charge on any atom is 0.225 e. The number of hydrogen-bond acceptors (Lipinski definition) is 4. The Morgan fingerprint density at radius 3 is 2.50 bits per heavy atom. The van der Waals surface area contributed by atoms with Gasteiger partial charge in [0.05, 0.1) is 13.2 Å². The Kier molecular flexibility index (Phi) is 5.37. The molecule has 5 heteroatoms. The number of carbonyl (C=O) groups excluding carboxylic acids is 1. The van der Waals surface area contributed by atoms with Crippen molar-refractivity contribution < 1.29 is 9.53 Å². The first kappa shape index (κ1) is 16.2. The van der Waals surface area contributed by atoms with Gasteiger partial charge in [-0.3, -0.25) is 9.69 Å². The summed E-state index contributed by atoms with van der Waals surface area (Å²) in [5.74, 6) is 1.39. The third kappa shape index (κ3) is 4.21. The lowest BCUT2D eigenvalue weighted by molar-refractivity contribution is -0.134. The Balaban J connectivity index is 1.49. The smallest absolute Gasteiger partial charge is 0.225 e. The van der Waals surface area contributed by atoms with Crippen LogP contribution < -0.4 is 0 Å². The molecule has 1 unspecified atom stereocenters. The number of amides is 1. The predicted molar refractivity (Wildman–Crippen MR) is 86.8 cm³/mol. The first-order valence-corrected chi connectivity index (χ1v) is 8.89. The first-order chi connectivity index (χ1) is 10.6. The molecule has 3 aliphatic rings. The van der Waals surface area contributed by atoms with Crippen molar-refractivity contribution in [3.05, 3.63) is 0 Å². The largest absolute Gasteiger partial charge is 0.380 e. The lowest BCUT2D eigenvalue weighted by Gasteiger charge is -2.39. The van der Waals surface area contributed by atoms with Crippen molar-refractivity contribution in [2.45, 2.75) is 31.7 Å². The van der Waals surface area contributed by atoms with Gasteiger partial charge in [-0.15, -0.1) is 0 Å². The number of rotatable bonds is 4. The van der Waals surface area contributed by atoms with Gasteiger partial charge in [-0.05, 0) is 39.8 Å². The van der Waals surface area contributed by atoms with Crippen LogP contribution in [0.15, 0.2) is 0 Å². The van der Waals surface area contributed by atoms with Gasteiger partial charge in [-0.25, -0.2) is 0 Å². The minimum Gasteiger partial charge on any atom is -0.380 e. The molecular weight excluding hydrogens is 278 g/mol. The van der Waals surface area contributed by atoms with Crippen LogP contribution in [0.1, 0.15) is 25.7 Å². The standard InChI is InChI=1S/C17H31N3O2/c1-18(2)11-14-12-20(9-10-22-13-14)16-5-7-19(8-6-16)17(21)15-3-4-15/h14-16H,3-13H2,1-2H3. The van der Waals surface area contributed by atoms with Gasteiger partial charge in [0, 0.05) is 50.6 Å². The highest BCUT2D eigenvalue weighted by Gasteiger charge is 2.36. The molecule has 22 heavy (non-hydrogen) atoms. The zero-order valence-electron chi connectivity index (χ0n) is 14.2. The highest BCUT2D eigenvalue weighted by atomic mass is 16.5. The topological polar surface area (TPSA) is 36.0 Å². The molecule has 0 aromatic carbocycles. The molecule has 0 bridgehead atoms. The maximum atomic E-state index is 12.2. The maximum absolute atomic E-state index is 12.2. The molecule has 0 N–H and O–H groups in total. The van der Waals surface area contributed by atoms with Crippen molar-refractivity contribution in [2.24, 2.45) is 11.8 Å². The summed E-state index contributed by atoms with van der Waals surface area (Å²) in [7, 11) is 4.27. The van der Waals surface area contributed by atoms with E-state index < -0.39 is 0 Å². The lowest BCUT2D eigenvalue weighted by Crippen LogP contribution is -2.49. The Hall–Kier alpha value is -0.650. The van der Waals surface area contributed by atoms with Gasteiger partial charge in [-0.1, -0.05) is 0 Å². The molecule has 0 aromatic rings. The van der Waals surface area contributed by atoms with E-state index in [1.54, 1.807) is 0 Å². The van der Waals surface area contributed by atoms with Crippen LogP contribution in [-0.2, 0) is 9.53 Å². The Morgan fingerprint density at radius 1 is 1.14 bits per heavy atom. The summed E-state index contributed by atoms with van der Waals surface area (Å²) in [5, 5.41) is 0. The third-order valence-electron chi connectivity index (χ3n) is 5.21. The highest BCUT2D eigenvalue weighted by molar-refractivity contribution is 5.81. The van der Waals surface area contributed by atoms with Crippen LogP contribution in [0.5, 0.6) is 0 Å². The van der Waals surface area contributed by atoms with E-state index in [-0.39, 0.29) is 0 Å². The van der Waals surface area contributed by atoms with Crippen LogP contribution in [0.4, 0.5) is 0 Å². The fourth-order valence-electron chi connectivity index (χ4n) is 3.91. The summed E-state index contributed by atoms with van der Waals surface area (Å²) >= 11 is 0. The number of piperidine rings is 1. The summed E-state index contributed by atoms with van der Waals surface area (Å²) in [5.41, 5.74) is 0. The second-order valence-electron chi connectivity index (χ2n) is 7.53. The molecule has 3 fully saturated rings. The van der Waals surface area contributed by atoms with E-state index in [0.717, 1.165) is 71.6 Å².